The van der Waals surface area contributed by atoms with E-state index in [0.29, 0.717) is 10.6 Å². The first-order valence-corrected chi connectivity index (χ1v) is 8.03. The molecule has 0 spiro atoms. The maximum Gasteiger partial charge on any atom is 0.248 e. The Morgan fingerprint density at radius 2 is 1.88 bits per heavy atom. The normalized spacial score (nSPS) is 21.3. The summed E-state index contributed by atoms with van der Waals surface area (Å²) in [5.74, 6) is -2.52. The molecule has 26 heavy (non-hydrogen) atoms. The molecule has 5 N–H and O–H groups in total. The van der Waals surface area contributed by atoms with Gasteiger partial charge in [0.15, 0.2) is 0 Å². The van der Waals surface area contributed by atoms with Gasteiger partial charge in [0, 0.05) is 22.4 Å². The summed E-state index contributed by atoms with van der Waals surface area (Å²) in [6.45, 7) is 0. The zero-order valence-corrected chi connectivity index (χ0v) is 14.2. The molecule has 0 saturated heterocycles. The summed E-state index contributed by atoms with van der Waals surface area (Å²) in [5, 5.41) is 11.4. The Morgan fingerprint density at radius 1 is 1.23 bits per heavy atom. The second kappa shape index (κ2) is 6.51. The first-order valence-electron chi connectivity index (χ1n) is 7.65. The van der Waals surface area contributed by atoms with Crippen LogP contribution < -0.4 is 11.5 Å². The molecule has 1 aliphatic heterocycles. The third-order valence-electron chi connectivity index (χ3n) is 4.45. The molecular weight excluding hydrogens is 361 g/mol. The van der Waals surface area contributed by atoms with Crippen molar-refractivity contribution >= 4 is 35.3 Å². The van der Waals surface area contributed by atoms with Crippen molar-refractivity contribution in [2.45, 2.75) is 12.5 Å². The van der Waals surface area contributed by atoms with Crippen LogP contribution in [0.2, 0.25) is 5.02 Å². The lowest BCUT2D eigenvalue weighted by Crippen LogP contribution is -2.46. The zero-order valence-electron chi connectivity index (χ0n) is 13.4. The van der Waals surface area contributed by atoms with E-state index in [1.165, 1.54) is 6.07 Å². The van der Waals surface area contributed by atoms with Crippen molar-refractivity contribution in [3.63, 3.8) is 0 Å². The maximum atomic E-state index is 14.2. The third kappa shape index (κ3) is 2.95. The lowest BCUT2D eigenvalue weighted by Gasteiger charge is -2.35. The highest BCUT2D eigenvalue weighted by Gasteiger charge is 2.47. The van der Waals surface area contributed by atoms with Crippen molar-refractivity contribution in [1.29, 1.82) is 0 Å². The van der Waals surface area contributed by atoms with Gasteiger partial charge in [0.2, 0.25) is 11.8 Å². The number of carbonyl (C=O) groups is 2. The zero-order chi connectivity index (χ0) is 19.1. The van der Waals surface area contributed by atoms with Crippen LogP contribution in [0.3, 0.4) is 0 Å². The van der Waals surface area contributed by atoms with Crippen LogP contribution in [-0.4, -0.2) is 23.1 Å². The Hall–Kier alpha value is -2.77. The summed E-state index contributed by atoms with van der Waals surface area (Å²) in [6.07, 6.45) is -0.326. The number of amides is 2. The molecule has 2 unspecified atom stereocenters. The lowest BCUT2D eigenvalue weighted by molar-refractivity contribution is -0.129. The first kappa shape index (κ1) is 18.0. The molecule has 1 aliphatic rings. The highest BCUT2D eigenvalue weighted by Crippen LogP contribution is 2.45. The van der Waals surface area contributed by atoms with Gasteiger partial charge in [0.25, 0.3) is 0 Å². The molecule has 0 fully saturated rings. The molecule has 2 aromatic carbocycles. The Morgan fingerprint density at radius 3 is 2.46 bits per heavy atom. The average Bonchev–Trinajstić information content (AvgIpc) is 2.59. The molecule has 8 heteroatoms. The van der Waals surface area contributed by atoms with Crippen LogP contribution in [0.4, 0.5) is 10.1 Å². The van der Waals surface area contributed by atoms with E-state index in [1.54, 1.807) is 24.3 Å². The fourth-order valence-electron chi connectivity index (χ4n) is 3.00. The Bertz CT molecular complexity index is 930. The van der Waals surface area contributed by atoms with E-state index >= 15 is 0 Å². The molecule has 2 aromatic rings. The fraction of sp³-hybridized carbons (Fsp3) is 0.167. The van der Waals surface area contributed by atoms with E-state index in [-0.39, 0.29) is 23.2 Å². The van der Waals surface area contributed by atoms with Gasteiger partial charge in [0.05, 0.1) is 0 Å². The first-order chi connectivity index (χ1) is 12.2. The van der Waals surface area contributed by atoms with Crippen LogP contribution in [0.1, 0.15) is 27.6 Å². The summed E-state index contributed by atoms with van der Waals surface area (Å²) in [5.41, 5.74) is 9.51. The van der Waals surface area contributed by atoms with Gasteiger partial charge in [-0.25, -0.2) is 4.39 Å². The van der Waals surface area contributed by atoms with E-state index in [4.69, 9.17) is 23.1 Å². The van der Waals surface area contributed by atoms with E-state index in [2.05, 4.69) is 4.99 Å². The number of primary amides is 2. The van der Waals surface area contributed by atoms with Crippen LogP contribution in [0, 0.1) is 11.2 Å². The van der Waals surface area contributed by atoms with Gasteiger partial charge in [-0.3, -0.25) is 14.6 Å². The standard InChI is InChI=1S/C18H15ClFN3O3/c19-11-3-1-9(2-4-11)7-18(17(22)26)8-23-14-12(15(18)24)5-10(16(21)25)6-13(14)20/h1-6,8,15,24H,7H2,(H2,21,25)(H2,22,26). The van der Waals surface area contributed by atoms with Gasteiger partial charge in [-0.15, -0.1) is 0 Å². The van der Waals surface area contributed by atoms with Crippen molar-refractivity contribution in [2.75, 3.05) is 0 Å². The number of nitrogens with two attached hydrogens (primary N) is 2. The number of aliphatic hydroxyl groups excluding tert-OH is 1. The van der Waals surface area contributed by atoms with Crippen LogP contribution in [0.25, 0.3) is 0 Å². The molecular formula is C18H15ClFN3O3. The van der Waals surface area contributed by atoms with Crippen molar-refractivity contribution in [1.82, 2.24) is 0 Å². The van der Waals surface area contributed by atoms with Gasteiger partial charge >= 0.3 is 0 Å². The molecule has 134 valence electrons. The minimum absolute atomic E-state index is 0.0194. The number of hydrogen-bond donors (Lipinski definition) is 3. The predicted molar refractivity (Wildman–Crippen MR) is 94.8 cm³/mol. The molecule has 1 heterocycles. The number of aliphatic imine (C=N–C) groups is 1. The quantitative estimate of drug-likeness (QED) is 0.758. The summed E-state index contributed by atoms with van der Waals surface area (Å²) in [6, 6.07) is 8.80. The van der Waals surface area contributed by atoms with Crippen LogP contribution >= 0.6 is 11.6 Å². The van der Waals surface area contributed by atoms with Crippen LogP contribution in [-0.2, 0) is 11.2 Å². The summed E-state index contributed by atoms with van der Waals surface area (Å²) < 4.78 is 14.2. The van der Waals surface area contributed by atoms with Crippen molar-refractivity contribution in [3.05, 3.63) is 63.9 Å². The number of aliphatic hydroxyl groups is 1. The van der Waals surface area contributed by atoms with Crippen LogP contribution in [0.5, 0.6) is 0 Å². The minimum atomic E-state index is -1.61. The number of carbonyl (C=O) groups excluding carboxylic acids is 2. The molecule has 0 aromatic heterocycles. The molecule has 3 rings (SSSR count). The van der Waals surface area contributed by atoms with Crippen molar-refractivity contribution in [2.24, 2.45) is 21.9 Å². The molecule has 0 saturated carbocycles. The molecule has 0 aliphatic carbocycles. The largest absolute Gasteiger partial charge is 0.387 e. The molecule has 2 amide bonds. The monoisotopic (exact) mass is 375 g/mol. The van der Waals surface area contributed by atoms with E-state index in [9.17, 15) is 19.1 Å². The lowest BCUT2D eigenvalue weighted by atomic mass is 9.72. The third-order valence-corrected chi connectivity index (χ3v) is 4.70. The van der Waals surface area contributed by atoms with Gasteiger partial charge in [0.1, 0.15) is 23.0 Å². The summed E-state index contributed by atoms with van der Waals surface area (Å²) >= 11 is 5.86. The van der Waals surface area contributed by atoms with Gasteiger partial charge < -0.3 is 16.6 Å². The van der Waals surface area contributed by atoms with Gasteiger partial charge in [-0.2, -0.15) is 0 Å². The van der Waals surface area contributed by atoms with Crippen LogP contribution in [0.15, 0.2) is 41.4 Å². The van der Waals surface area contributed by atoms with E-state index in [1.807, 2.05) is 0 Å². The number of fused-ring (bicyclic) bond motifs is 1. The van der Waals surface area contributed by atoms with E-state index in [0.717, 1.165) is 12.3 Å². The van der Waals surface area contributed by atoms with Crippen molar-refractivity contribution in [3.8, 4) is 0 Å². The summed E-state index contributed by atoms with van der Waals surface area (Å²) in [7, 11) is 0. The average molecular weight is 376 g/mol. The molecule has 2 atom stereocenters. The van der Waals surface area contributed by atoms with Gasteiger partial charge in [-0.05, 0) is 36.2 Å². The Kier molecular flexibility index (Phi) is 4.52. The second-order valence-corrected chi connectivity index (χ2v) is 6.57. The topological polar surface area (TPSA) is 119 Å². The maximum absolute atomic E-state index is 14.2. The Labute approximate surface area is 153 Å². The second-order valence-electron chi connectivity index (χ2n) is 6.13. The number of hydrogen-bond acceptors (Lipinski definition) is 4. The van der Waals surface area contributed by atoms with Crippen molar-refractivity contribution < 1.29 is 19.1 Å². The number of halogens is 2. The molecule has 0 bridgehead atoms. The number of rotatable bonds is 4. The number of nitrogens with zero attached hydrogens (tertiary/aromatic N) is 1. The fourth-order valence-corrected chi connectivity index (χ4v) is 3.13. The molecule has 0 radical (unpaired) electrons. The van der Waals surface area contributed by atoms with Gasteiger partial charge in [-0.1, -0.05) is 23.7 Å². The Balaban J connectivity index is 2.11. The van der Waals surface area contributed by atoms with E-state index < -0.39 is 29.2 Å². The minimum Gasteiger partial charge on any atom is -0.387 e. The highest BCUT2D eigenvalue weighted by atomic mass is 35.5. The highest BCUT2D eigenvalue weighted by molar-refractivity contribution is 6.30. The predicted octanol–water partition coefficient (Wildman–Crippen LogP) is 2.04. The summed E-state index contributed by atoms with van der Waals surface area (Å²) in [4.78, 5) is 27.6. The molecule has 6 nitrogen and oxygen atoms in total. The SMILES string of the molecule is NC(=O)c1cc(F)c2c(c1)C(O)C(Cc1ccc(Cl)cc1)(C(N)=O)C=N2. The number of benzene rings is 2. The smallest absolute Gasteiger partial charge is 0.248 e.